The summed E-state index contributed by atoms with van der Waals surface area (Å²) in [5, 5.41) is 5.32. The van der Waals surface area contributed by atoms with Gasteiger partial charge >= 0.3 is 0 Å². The fraction of sp³-hybridized carbons (Fsp3) is 0.353. The standard InChI is InChI=1S/C17H22N4O2S/c1-12(22)19-17-20-15(11-24-17)10-9-14-7-5-13(6-8-14)3-2-4-16(23)21-18/h5-8,11H,2-4,9-10,18H2,1H3,(H,21,23)(H,19,20,22). The Labute approximate surface area is 145 Å². The third kappa shape index (κ3) is 6.10. The first-order valence-electron chi connectivity index (χ1n) is 7.86. The van der Waals surface area contributed by atoms with E-state index in [4.69, 9.17) is 5.84 Å². The number of carbonyl (C=O) groups excluding carboxylic acids is 2. The molecule has 0 aliphatic heterocycles. The van der Waals surface area contributed by atoms with Gasteiger partial charge in [0.2, 0.25) is 11.8 Å². The van der Waals surface area contributed by atoms with Crippen molar-refractivity contribution >= 4 is 28.3 Å². The van der Waals surface area contributed by atoms with Gasteiger partial charge in [0.1, 0.15) is 0 Å². The number of nitrogens with two attached hydrogens (primary N) is 1. The molecule has 0 saturated heterocycles. The van der Waals surface area contributed by atoms with Crippen molar-refractivity contribution in [1.29, 1.82) is 0 Å². The lowest BCUT2D eigenvalue weighted by atomic mass is 10.0. The van der Waals surface area contributed by atoms with E-state index in [1.54, 1.807) is 0 Å². The Hall–Kier alpha value is -2.25. The van der Waals surface area contributed by atoms with Gasteiger partial charge < -0.3 is 5.32 Å². The Balaban J connectivity index is 1.78. The number of aromatic nitrogens is 1. The molecule has 1 aromatic carbocycles. The highest BCUT2D eigenvalue weighted by atomic mass is 32.1. The van der Waals surface area contributed by atoms with E-state index in [-0.39, 0.29) is 11.8 Å². The Kier molecular flexibility index (Phi) is 6.89. The number of thiazole rings is 1. The number of benzene rings is 1. The maximum atomic E-state index is 11.1. The molecule has 7 heteroatoms. The zero-order chi connectivity index (χ0) is 17.4. The zero-order valence-corrected chi connectivity index (χ0v) is 14.5. The number of amides is 2. The lowest BCUT2D eigenvalue weighted by molar-refractivity contribution is -0.121. The van der Waals surface area contributed by atoms with Gasteiger partial charge in [0.05, 0.1) is 5.69 Å². The van der Waals surface area contributed by atoms with E-state index in [2.05, 4.69) is 40.0 Å². The van der Waals surface area contributed by atoms with Gasteiger partial charge in [-0.25, -0.2) is 10.8 Å². The first-order chi connectivity index (χ1) is 11.6. The van der Waals surface area contributed by atoms with Gasteiger partial charge in [-0.2, -0.15) is 0 Å². The van der Waals surface area contributed by atoms with Crippen molar-refractivity contribution in [2.75, 3.05) is 5.32 Å². The normalized spacial score (nSPS) is 10.4. The van der Waals surface area contributed by atoms with Crippen LogP contribution in [0.1, 0.15) is 36.6 Å². The number of nitrogens with one attached hydrogen (secondary N) is 2. The molecule has 0 bridgehead atoms. The summed E-state index contributed by atoms with van der Waals surface area (Å²) in [6, 6.07) is 8.41. The van der Waals surface area contributed by atoms with Gasteiger partial charge in [0.25, 0.3) is 0 Å². The van der Waals surface area contributed by atoms with E-state index >= 15 is 0 Å². The zero-order valence-electron chi connectivity index (χ0n) is 13.7. The van der Waals surface area contributed by atoms with Crippen LogP contribution in [-0.4, -0.2) is 16.8 Å². The quantitative estimate of drug-likeness (QED) is 0.388. The number of nitrogens with zero attached hydrogens (tertiary/aromatic N) is 1. The van der Waals surface area contributed by atoms with Crippen molar-refractivity contribution in [3.63, 3.8) is 0 Å². The highest BCUT2D eigenvalue weighted by molar-refractivity contribution is 7.13. The molecule has 0 unspecified atom stereocenters. The van der Waals surface area contributed by atoms with Crippen molar-refractivity contribution in [2.24, 2.45) is 5.84 Å². The molecule has 0 aliphatic carbocycles. The average molecular weight is 346 g/mol. The molecule has 128 valence electrons. The molecule has 2 aromatic rings. The summed E-state index contributed by atoms with van der Waals surface area (Å²) in [6.07, 6.45) is 3.83. The van der Waals surface area contributed by atoms with Gasteiger partial charge in [-0.15, -0.1) is 11.3 Å². The summed E-state index contributed by atoms with van der Waals surface area (Å²) in [5.41, 5.74) is 5.58. The van der Waals surface area contributed by atoms with Gasteiger partial charge in [0, 0.05) is 18.7 Å². The molecule has 0 radical (unpaired) electrons. The molecule has 6 nitrogen and oxygen atoms in total. The largest absolute Gasteiger partial charge is 0.302 e. The first-order valence-corrected chi connectivity index (χ1v) is 8.74. The molecule has 0 fully saturated rings. The molecule has 1 heterocycles. The molecular weight excluding hydrogens is 324 g/mol. The maximum absolute atomic E-state index is 11.1. The van der Waals surface area contributed by atoms with Crippen LogP contribution in [0.25, 0.3) is 0 Å². The summed E-state index contributed by atoms with van der Waals surface area (Å²) in [6.45, 7) is 1.48. The van der Waals surface area contributed by atoms with Gasteiger partial charge in [0.15, 0.2) is 5.13 Å². The smallest absolute Gasteiger partial charge is 0.233 e. The molecule has 24 heavy (non-hydrogen) atoms. The average Bonchev–Trinajstić information content (AvgIpc) is 3.00. The van der Waals surface area contributed by atoms with E-state index in [0.717, 1.165) is 31.4 Å². The predicted molar refractivity (Wildman–Crippen MR) is 95.5 cm³/mol. The minimum atomic E-state index is -0.131. The monoisotopic (exact) mass is 346 g/mol. The molecule has 2 amide bonds. The Morgan fingerprint density at radius 1 is 1.12 bits per heavy atom. The third-order valence-electron chi connectivity index (χ3n) is 3.56. The van der Waals surface area contributed by atoms with Crippen LogP contribution in [0.2, 0.25) is 0 Å². The van der Waals surface area contributed by atoms with Crippen LogP contribution in [0.5, 0.6) is 0 Å². The lowest BCUT2D eigenvalue weighted by Gasteiger charge is -2.04. The minimum absolute atomic E-state index is 0.101. The van der Waals surface area contributed by atoms with Crippen LogP contribution >= 0.6 is 11.3 Å². The lowest BCUT2D eigenvalue weighted by Crippen LogP contribution is -2.29. The van der Waals surface area contributed by atoms with E-state index in [1.807, 2.05) is 5.38 Å². The molecule has 1 aromatic heterocycles. The fourth-order valence-electron chi connectivity index (χ4n) is 2.30. The number of anilines is 1. The van der Waals surface area contributed by atoms with E-state index in [9.17, 15) is 9.59 Å². The third-order valence-corrected chi connectivity index (χ3v) is 4.36. The molecule has 2 rings (SSSR count). The summed E-state index contributed by atoms with van der Waals surface area (Å²) in [5.74, 6) is 4.82. The van der Waals surface area contributed by atoms with Crippen LogP contribution in [0, 0.1) is 0 Å². The van der Waals surface area contributed by atoms with Crippen molar-refractivity contribution in [3.8, 4) is 0 Å². The second kappa shape index (κ2) is 9.14. The number of carbonyl (C=O) groups is 2. The van der Waals surface area contributed by atoms with Crippen LogP contribution in [0.4, 0.5) is 5.13 Å². The maximum Gasteiger partial charge on any atom is 0.233 e. The molecular formula is C17H22N4O2S. The fourth-order valence-corrected chi connectivity index (χ4v) is 3.09. The number of rotatable bonds is 8. The predicted octanol–water partition coefficient (Wildman–Crippen LogP) is 2.20. The number of hydrogen-bond acceptors (Lipinski definition) is 5. The minimum Gasteiger partial charge on any atom is -0.302 e. The SMILES string of the molecule is CC(=O)Nc1nc(CCc2ccc(CCCC(=O)NN)cc2)cs1. The highest BCUT2D eigenvalue weighted by Crippen LogP contribution is 2.17. The summed E-state index contributed by atoms with van der Waals surface area (Å²) >= 11 is 1.44. The van der Waals surface area contributed by atoms with Crippen LogP contribution in [-0.2, 0) is 28.9 Å². The molecule has 0 spiro atoms. The summed E-state index contributed by atoms with van der Waals surface area (Å²) in [7, 11) is 0. The van der Waals surface area contributed by atoms with Crippen molar-refractivity contribution < 1.29 is 9.59 Å². The van der Waals surface area contributed by atoms with Crippen molar-refractivity contribution in [2.45, 2.75) is 39.0 Å². The Morgan fingerprint density at radius 2 is 1.79 bits per heavy atom. The summed E-state index contributed by atoms with van der Waals surface area (Å²) in [4.78, 5) is 26.4. The van der Waals surface area contributed by atoms with Crippen molar-refractivity contribution in [3.05, 3.63) is 46.5 Å². The van der Waals surface area contributed by atoms with E-state index in [1.165, 1.54) is 29.4 Å². The number of hydrazine groups is 1. The first kappa shape index (κ1) is 18.1. The molecule has 0 atom stereocenters. The van der Waals surface area contributed by atoms with Crippen LogP contribution in [0.3, 0.4) is 0 Å². The van der Waals surface area contributed by atoms with E-state index < -0.39 is 0 Å². The van der Waals surface area contributed by atoms with Gasteiger partial charge in [-0.3, -0.25) is 15.0 Å². The van der Waals surface area contributed by atoms with Crippen LogP contribution in [0.15, 0.2) is 29.6 Å². The second-order valence-electron chi connectivity index (χ2n) is 5.56. The summed E-state index contributed by atoms with van der Waals surface area (Å²) < 4.78 is 0. The molecule has 4 N–H and O–H groups in total. The van der Waals surface area contributed by atoms with Crippen LogP contribution < -0.4 is 16.6 Å². The Morgan fingerprint density at radius 3 is 2.42 bits per heavy atom. The number of hydrogen-bond donors (Lipinski definition) is 3. The molecule has 0 aliphatic rings. The van der Waals surface area contributed by atoms with Crippen molar-refractivity contribution in [1.82, 2.24) is 10.4 Å². The Bertz CT molecular complexity index is 682. The topological polar surface area (TPSA) is 97.1 Å². The van der Waals surface area contributed by atoms with Gasteiger partial charge in [-0.1, -0.05) is 24.3 Å². The molecule has 0 saturated carbocycles. The van der Waals surface area contributed by atoms with Gasteiger partial charge in [-0.05, 0) is 36.8 Å². The van der Waals surface area contributed by atoms with E-state index in [0.29, 0.717) is 11.6 Å². The second-order valence-corrected chi connectivity index (χ2v) is 6.42. The highest BCUT2D eigenvalue weighted by Gasteiger charge is 2.04. The number of aryl methyl sites for hydroxylation is 3.